The first-order valence-electron chi connectivity index (χ1n) is 10.5. The van der Waals surface area contributed by atoms with Crippen LogP contribution >= 0.6 is 0 Å². The number of carboxylic acids is 1. The minimum Gasteiger partial charge on any atom is -0.475 e. The van der Waals surface area contributed by atoms with E-state index in [9.17, 15) is 28.3 Å². The van der Waals surface area contributed by atoms with Gasteiger partial charge in [0.15, 0.2) is 5.65 Å². The number of carboxylic acid groups (broad SMARTS) is 1. The number of carbonyl (C=O) groups excluding carboxylic acids is 1. The lowest BCUT2D eigenvalue weighted by atomic mass is 9.93. The van der Waals surface area contributed by atoms with E-state index < -0.39 is 18.2 Å². The summed E-state index contributed by atoms with van der Waals surface area (Å²) in [6.07, 6.45) is 1.44. The molecular formula is C22H21F3N6O4. The summed E-state index contributed by atoms with van der Waals surface area (Å²) >= 11 is 0. The van der Waals surface area contributed by atoms with Gasteiger partial charge in [0.1, 0.15) is 17.5 Å². The Balaban J connectivity index is 0.000000429. The van der Waals surface area contributed by atoms with Crippen LogP contribution in [0.1, 0.15) is 41.6 Å². The van der Waals surface area contributed by atoms with Crippen LogP contribution in [0.25, 0.3) is 5.65 Å². The number of para-hydroxylation sites is 1. The number of hydrogen-bond acceptors (Lipinski definition) is 7. The van der Waals surface area contributed by atoms with E-state index >= 15 is 0 Å². The summed E-state index contributed by atoms with van der Waals surface area (Å²) in [5.74, 6) is -2.56. The summed E-state index contributed by atoms with van der Waals surface area (Å²) in [5.41, 5.74) is 1.53. The van der Waals surface area contributed by atoms with Crippen molar-refractivity contribution < 1.29 is 33.0 Å². The zero-order chi connectivity index (χ0) is 25.6. The highest BCUT2D eigenvalue weighted by molar-refractivity contribution is 6.08. The van der Waals surface area contributed by atoms with Crippen LogP contribution in [0.3, 0.4) is 0 Å². The van der Waals surface area contributed by atoms with E-state index in [2.05, 4.69) is 26.8 Å². The quantitative estimate of drug-likeness (QED) is 0.435. The van der Waals surface area contributed by atoms with Crippen molar-refractivity contribution in [3.05, 3.63) is 53.9 Å². The maximum atomic E-state index is 12.7. The van der Waals surface area contributed by atoms with Crippen LogP contribution in [0.2, 0.25) is 0 Å². The normalized spacial score (nSPS) is 17.6. The zero-order valence-electron chi connectivity index (χ0n) is 18.2. The SMILES string of the molecule is N#Cc1ccccc1NC(=O)c1cnn2ccc(N[C@@H]3CCCC[C@@H]3O)nc12.O=C(O)C(F)(F)F. The second-order valence-electron chi connectivity index (χ2n) is 7.66. The second-order valence-corrected chi connectivity index (χ2v) is 7.66. The fraction of sp³-hybridized carbons (Fsp3) is 0.318. The first kappa shape index (κ1) is 25.4. The molecule has 0 unspecified atom stereocenters. The molecule has 0 radical (unpaired) electrons. The molecule has 3 aromatic rings. The molecule has 4 N–H and O–H groups in total. The Hall–Kier alpha value is -4.18. The molecule has 10 nitrogen and oxygen atoms in total. The number of fused-ring (bicyclic) bond motifs is 1. The number of nitrogens with zero attached hydrogens (tertiary/aromatic N) is 4. The molecular weight excluding hydrogens is 469 g/mol. The van der Waals surface area contributed by atoms with Gasteiger partial charge < -0.3 is 20.8 Å². The highest BCUT2D eigenvalue weighted by Gasteiger charge is 2.38. The summed E-state index contributed by atoms with van der Waals surface area (Å²) < 4.78 is 33.3. The molecule has 0 aliphatic heterocycles. The monoisotopic (exact) mass is 490 g/mol. The number of aliphatic carboxylic acids is 1. The number of carbonyl (C=O) groups is 2. The number of alkyl halides is 3. The number of nitriles is 1. The second kappa shape index (κ2) is 10.8. The van der Waals surface area contributed by atoms with E-state index in [0.29, 0.717) is 28.3 Å². The third-order valence-corrected chi connectivity index (χ3v) is 5.21. The van der Waals surface area contributed by atoms with E-state index in [4.69, 9.17) is 9.90 Å². The molecule has 1 fully saturated rings. The molecule has 1 aromatic carbocycles. The Morgan fingerprint density at radius 2 is 1.86 bits per heavy atom. The van der Waals surface area contributed by atoms with Gasteiger partial charge in [-0.15, -0.1) is 0 Å². The predicted molar refractivity (Wildman–Crippen MR) is 118 cm³/mol. The molecule has 2 heterocycles. The average molecular weight is 490 g/mol. The minimum atomic E-state index is -5.08. The largest absolute Gasteiger partial charge is 0.490 e. The Kier molecular flexibility index (Phi) is 7.87. The van der Waals surface area contributed by atoms with Gasteiger partial charge >= 0.3 is 12.1 Å². The summed E-state index contributed by atoms with van der Waals surface area (Å²) in [7, 11) is 0. The van der Waals surface area contributed by atoms with Crippen LogP contribution in [0.5, 0.6) is 0 Å². The Bertz CT molecular complexity index is 1250. The van der Waals surface area contributed by atoms with E-state index in [-0.39, 0.29) is 11.9 Å². The number of nitrogens with one attached hydrogen (secondary N) is 2. The number of halogens is 3. The van der Waals surface area contributed by atoms with Gasteiger partial charge in [0.05, 0.1) is 29.6 Å². The van der Waals surface area contributed by atoms with Crippen LogP contribution in [-0.4, -0.2) is 55.0 Å². The van der Waals surface area contributed by atoms with Gasteiger partial charge in [0.2, 0.25) is 0 Å². The van der Waals surface area contributed by atoms with Crippen LogP contribution in [0, 0.1) is 11.3 Å². The molecule has 0 spiro atoms. The molecule has 1 aliphatic carbocycles. The average Bonchev–Trinajstić information content (AvgIpc) is 3.24. The molecule has 2 aromatic heterocycles. The standard InChI is InChI=1S/C20H20N6O2.C2HF3O2/c21-11-13-5-1-2-6-15(13)24-20(28)14-12-22-26-10-9-18(25-19(14)26)23-16-7-3-4-8-17(16)27;3-2(4,5)1(6)7/h1-2,5-6,9-10,12,16-17,27H,3-4,7-8H2,(H,23,25)(H,24,28);(H,6,7)/t16-,17+;/m1./s1. The van der Waals surface area contributed by atoms with Crippen LogP contribution in [0.15, 0.2) is 42.7 Å². The maximum absolute atomic E-state index is 12.7. The number of amides is 1. The molecule has 1 saturated carbocycles. The van der Waals surface area contributed by atoms with Gasteiger partial charge in [0, 0.05) is 6.20 Å². The molecule has 0 saturated heterocycles. The van der Waals surface area contributed by atoms with Crippen molar-refractivity contribution >= 4 is 29.0 Å². The van der Waals surface area contributed by atoms with E-state index in [0.717, 1.165) is 25.7 Å². The summed E-state index contributed by atoms with van der Waals surface area (Å²) in [6, 6.07) is 10.6. The van der Waals surface area contributed by atoms with Crippen LogP contribution < -0.4 is 10.6 Å². The fourth-order valence-corrected chi connectivity index (χ4v) is 3.46. The van der Waals surface area contributed by atoms with Crippen molar-refractivity contribution in [2.75, 3.05) is 10.6 Å². The van der Waals surface area contributed by atoms with Crippen molar-refractivity contribution in [1.29, 1.82) is 5.26 Å². The third-order valence-electron chi connectivity index (χ3n) is 5.21. The Morgan fingerprint density at radius 3 is 2.51 bits per heavy atom. The number of aliphatic hydroxyl groups is 1. The maximum Gasteiger partial charge on any atom is 0.490 e. The molecule has 2 atom stereocenters. The van der Waals surface area contributed by atoms with Crippen LogP contribution in [0.4, 0.5) is 24.7 Å². The van der Waals surface area contributed by atoms with Gasteiger partial charge in [-0.2, -0.15) is 23.5 Å². The summed E-state index contributed by atoms with van der Waals surface area (Å²) in [5, 5.41) is 36.7. The lowest BCUT2D eigenvalue weighted by Crippen LogP contribution is -2.36. The number of benzene rings is 1. The fourth-order valence-electron chi connectivity index (χ4n) is 3.46. The van der Waals surface area contributed by atoms with Crippen molar-refractivity contribution in [3.63, 3.8) is 0 Å². The zero-order valence-corrected chi connectivity index (χ0v) is 18.2. The number of aromatic nitrogens is 3. The number of anilines is 2. The first-order valence-corrected chi connectivity index (χ1v) is 10.5. The third kappa shape index (κ3) is 6.45. The van der Waals surface area contributed by atoms with E-state index in [1.807, 2.05) is 0 Å². The van der Waals surface area contributed by atoms with Crippen LogP contribution in [-0.2, 0) is 4.79 Å². The van der Waals surface area contributed by atoms with Gasteiger partial charge in [-0.05, 0) is 31.0 Å². The van der Waals surface area contributed by atoms with Crippen molar-refractivity contribution in [1.82, 2.24) is 14.6 Å². The van der Waals surface area contributed by atoms with Crippen molar-refractivity contribution in [2.24, 2.45) is 0 Å². The smallest absolute Gasteiger partial charge is 0.475 e. The van der Waals surface area contributed by atoms with Crippen molar-refractivity contribution in [2.45, 2.75) is 44.0 Å². The molecule has 0 bridgehead atoms. The molecule has 4 rings (SSSR count). The molecule has 1 amide bonds. The number of aliphatic hydroxyl groups excluding tert-OH is 1. The lowest BCUT2D eigenvalue weighted by molar-refractivity contribution is -0.192. The van der Waals surface area contributed by atoms with Gasteiger partial charge in [-0.1, -0.05) is 25.0 Å². The topological polar surface area (TPSA) is 153 Å². The Labute approximate surface area is 197 Å². The van der Waals surface area contributed by atoms with Gasteiger partial charge in [-0.25, -0.2) is 14.3 Å². The highest BCUT2D eigenvalue weighted by atomic mass is 19.4. The molecule has 13 heteroatoms. The molecule has 1 aliphatic rings. The minimum absolute atomic E-state index is 0.0496. The highest BCUT2D eigenvalue weighted by Crippen LogP contribution is 2.23. The number of rotatable bonds is 4. The summed E-state index contributed by atoms with van der Waals surface area (Å²) in [6.45, 7) is 0. The van der Waals surface area contributed by atoms with E-state index in [1.165, 1.54) is 10.7 Å². The van der Waals surface area contributed by atoms with Gasteiger partial charge in [-0.3, -0.25) is 4.79 Å². The molecule has 35 heavy (non-hydrogen) atoms. The van der Waals surface area contributed by atoms with Crippen molar-refractivity contribution in [3.8, 4) is 6.07 Å². The number of hydrogen-bond donors (Lipinski definition) is 4. The van der Waals surface area contributed by atoms with E-state index in [1.54, 1.807) is 36.5 Å². The van der Waals surface area contributed by atoms with Gasteiger partial charge in [0.25, 0.3) is 5.91 Å². The molecule has 184 valence electrons. The summed E-state index contributed by atoms with van der Waals surface area (Å²) in [4.78, 5) is 26.2. The first-order chi connectivity index (χ1) is 16.6. The predicted octanol–water partition coefficient (Wildman–Crippen LogP) is 3.20. The lowest BCUT2D eigenvalue weighted by Gasteiger charge is -2.28. The Morgan fingerprint density at radius 1 is 1.17 bits per heavy atom.